The molecule has 0 aliphatic heterocycles. The van der Waals surface area contributed by atoms with Crippen molar-refractivity contribution in [2.45, 2.75) is 19.3 Å². The molecule has 0 unspecified atom stereocenters. The van der Waals surface area contributed by atoms with Crippen molar-refractivity contribution in [1.29, 1.82) is 0 Å². The largest absolute Gasteiger partial charge is 0.135 e. The molecule has 0 bridgehead atoms. The van der Waals surface area contributed by atoms with Gasteiger partial charge in [-0.2, -0.15) is 0 Å². The Hall–Kier alpha value is -7.06. The number of rotatable bonds is 3. The topological polar surface area (TPSA) is 0 Å². The maximum Gasteiger partial charge on any atom is 0.0365 e. The fourth-order valence-electron chi connectivity index (χ4n) is 11.0. The zero-order chi connectivity index (χ0) is 39.7. The highest BCUT2D eigenvalue weighted by Gasteiger charge is 2.39. The number of thiophene rings is 1. The lowest BCUT2D eigenvalue weighted by atomic mass is 9.79. The van der Waals surface area contributed by atoms with Gasteiger partial charge in [0.05, 0.1) is 0 Å². The molecule has 0 nitrogen and oxygen atoms in total. The van der Waals surface area contributed by atoms with Crippen molar-refractivity contribution in [3.05, 3.63) is 205 Å². The Morgan fingerprint density at radius 3 is 1.48 bits per heavy atom. The SMILES string of the molecule is CC1(C)c2ccccc2-c2c(-c3ccc(-c4c5ccccc5c(-c5cccc6ccccc56)c5ccccc45)c4ccccc34)cc3sc4cc5ccccc5cc4c3c21. The van der Waals surface area contributed by atoms with Crippen LogP contribution in [-0.4, -0.2) is 0 Å². The lowest BCUT2D eigenvalue weighted by molar-refractivity contribution is 0.667. The van der Waals surface area contributed by atoms with Gasteiger partial charge in [-0.3, -0.25) is 0 Å². The third-order valence-corrected chi connectivity index (χ3v) is 14.7. The van der Waals surface area contributed by atoms with Crippen molar-refractivity contribution in [2.24, 2.45) is 0 Å². The molecule has 280 valence electrons. The van der Waals surface area contributed by atoms with Gasteiger partial charge in [0.2, 0.25) is 0 Å². The summed E-state index contributed by atoms with van der Waals surface area (Å²) in [6.45, 7) is 4.87. The molecule has 1 aliphatic carbocycles. The Bertz CT molecular complexity index is 3740. The fourth-order valence-corrected chi connectivity index (χ4v) is 12.2. The maximum absolute atomic E-state index is 2.52. The van der Waals surface area contributed by atoms with Gasteiger partial charge in [-0.1, -0.05) is 190 Å². The van der Waals surface area contributed by atoms with E-state index >= 15 is 0 Å². The van der Waals surface area contributed by atoms with Crippen LogP contribution in [0.1, 0.15) is 25.0 Å². The van der Waals surface area contributed by atoms with Crippen LogP contribution in [0.4, 0.5) is 0 Å². The Morgan fingerprint density at radius 1 is 0.317 bits per heavy atom. The summed E-state index contributed by atoms with van der Waals surface area (Å²) in [5.41, 5.74) is 13.1. The second-order valence-corrected chi connectivity index (χ2v) is 18.2. The molecular formula is C59H38S. The number of fused-ring (bicyclic) bond motifs is 12. The first-order valence-electron chi connectivity index (χ1n) is 21.0. The molecule has 0 spiro atoms. The van der Waals surface area contributed by atoms with Gasteiger partial charge in [-0.05, 0) is 128 Å². The first kappa shape index (κ1) is 33.9. The molecule has 0 saturated carbocycles. The van der Waals surface area contributed by atoms with Gasteiger partial charge in [-0.25, -0.2) is 0 Å². The molecule has 11 aromatic carbocycles. The second-order valence-electron chi connectivity index (χ2n) is 17.1. The third-order valence-electron chi connectivity index (χ3n) is 13.6. The van der Waals surface area contributed by atoms with E-state index in [-0.39, 0.29) is 5.41 Å². The van der Waals surface area contributed by atoms with Crippen LogP contribution in [0.15, 0.2) is 194 Å². The Balaban J connectivity index is 1.12. The van der Waals surface area contributed by atoms with E-state index in [9.17, 15) is 0 Å². The first-order valence-corrected chi connectivity index (χ1v) is 21.8. The molecule has 0 saturated heterocycles. The average molecular weight is 779 g/mol. The minimum absolute atomic E-state index is 0.167. The molecule has 0 radical (unpaired) electrons. The van der Waals surface area contributed by atoms with E-state index < -0.39 is 0 Å². The van der Waals surface area contributed by atoms with Crippen LogP contribution in [0, 0.1) is 0 Å². The zero-order valence-corrected chi connectivity index (χ0v) is 34.2. The standard InChI is InChI=1S/C59H38S/c1-59(2)51-29-14-13-27-48(51)56-49(34-53-57(58(56)59)50-32-36-17-3-4-18-37(36)33-52(50)60-53)41-30-31-47(40-22-8-7-21-39(40)41)55-45-25-11-9-23-43(45)54(44-24-10-12-26-46(44)55)42-28-15-19-35-16-5-6-20-38(35)42/h3-34H,1-2H3. The molecule has 0 amide bonds. The summed E-state index contributed by atoms with van der Waals surface area (Å²) < 4.78 is 2.70. The molecule has 12 aromatic rings. The van der Waals surface area contributed by atoms with Crippen LogP contribution in [0.3, 0.4) is 0 Å². The summed E-state index contributed by atoms with van der Waals surface area (Å²) in [5, 5.41) is 15.5. The summed E-state index contributed by atoms with van der Waals surface area (Å²) in [5.74, 6) is 0. The first-order chi connectivity index (χ1) is 29.5. The highest BCUT2D eigenvalue weighted by atomic mass is 32.1. The van der Waals surface area contributed by atoms with Gasteiger partial charge in [0.25, 0.3) is 0 Å². The molecular weight excluding hydrogens is 741 g/mol. The Kier molecular flexibility index (Phi) is 7.04. The van der Waals surface area contributed by atoms with E-state index in [1.54, 1.807) is 0 Å². The highest BCUT2D eigenvalue weighted by molar-refractivity contribution is 7.26. The average Bonchev–Trinajstić information content (AvgIpc) is 3.77. The molecule has 60 heavy (non-hydrogen) atoms. The summed E-state index contributed by atoms with van der Waals surface area (Å²) in [4.78, 5) is 0. The van der Waals surface area contributed by atoms with Crippen LogP contribution in [0.5, 0.6) is 0 Å². The van der Waals surface area contributed by atoms with Gasteiger partial charge in [0.15, 0.2) is 0 Å². The van der Waals surface area contributed by atoms with Crippen LogP contribution in [0.25, 0.3) is 119 Å². The fraction of sp³-hybridized carbons (Fsp3) is 0.0508. The smallest absolute Gasteiger partial charge is 0.0365 e. The molecule has 0 N–H and O–H groups in total. The van der Waals surface area contributed by atoms with E-state index in [0.29, 0.717) is 0 Å². The predicted octanol–water partition coefficient (Wildman–Crippen LogP) is 17.1. The molecule has 0 atom stereocenters. The monoisotopic (exact) mass is 778 g/mol. The predicted molar refractivity (Wildman–Crippen MR) is 261 cm³/mol. The van der Waals surface area contributed by atoms with E-state index in [0.717, 1.165) is 0 Å². The summed E-state index contributed by atoms with van der Waals surface area (Å²) >= 11 is 1.94. The molecule has 0 fully saturated rings. The van der Waals surface area contributed by atoms with Crippen molar-refractivity contribution < 1.29 is 0 Å². The van der Waals surface area contributed by atoms with Crippen LogP contribution >= 0.6 is 11.3 Å². The number of hydrogen-bond donors (Lipinski definition) is 0. The molecule has 1 heteroatoms. The molecule has 1 heterocycles. The van der Waals surface area contributed by atoms with Gasteiger partial charge in [-0.15, -0.1) is 11.3 Å². The third kappa shape index (κ3) is 4.61. The van der Waals surface area contributed by atoms with E-state index in [1.165, 1.54) is 130 Å². The Labute approximate surface area is 352 Å². The summed E-state index contributed by atoms with van der Waals surface area (Å²) in [6, 6.07) is 72.9. The minimum Gasteiger partial charge on any atom is -0.135 e. The minimum atomic E-state index is -0.167. The van der Waals surface area contributed by atoms with Crippen LogP contribution in [0.2, 0.25) is 0 Å². The second kappa shape index (κ2) is 12.5. The van der Waals surface area contributed by atoms with Crippen LogP contribution in [-0.2, 0) is 5.41 Å². The van der Waals surface area contributed by atoms with Gasteiger partial charge < -0.3 is 0 Å². The number of hydrogen-bond acceptors (Lipinski definition) is 1. The molecule has 1 aromatic heterocycles. The molecule has 1 aliphatic rings. The maximum atomic E-state index is 2.52. The molecule has 13 rings (SSSR count). The summed E-state index contributed by atoms with van der Waals surface area (Å²) in [6.07, 6.45) is 0. The van der Waals surface area contributed by atoms with E-state index in [2.05, 4.69) is 208 Å². The van der Waals surface area contributed by atoms with Crippen LogP contribution < -0.4 is 0 Å². The van der Waals surface area contributed by atoms with Crippen molar-refractivity contribution in [2.75, 3.05) is 0 Å². The summed E-state index contributed by atoms with van der Waals surface area (Å²) in [7, 11) is 0. The lowest BCUT2D eigenvalue weighted by Crippen LogP contribution is -2.15. The van der Waals surface area contributed by atoms with Crippen molar-refractivity contribution >= 4 is 85.4 Å². The zero-order valence-electron chi connectivity index (χ0n) is 33.4. The van der Waals surface area contributed by atoms with E-state index in [4.69, 9.17) is 0 Å². The van der Waals surface area contributed by atoms with Crippen molar-refractivity contribution in [3.63, 3.8) is 0 Å². The van der Waals surface area contributed by atoms with Gasteiger partial charge in [0.1, 0.15) is 0 Å². The Morgan fingerprint density at radius 2 is 0.800 bits per heavy atom. The van der Waals surface area contributed by atoms with E-state index in [1.807, 2.05) is 11.3 Å². The lowest BCUT2D eigenvalue weighted by Gasteiger charge is -2.24. The van der Waals surface area contributed by atoms with Crippen molar-refractivity contribution in [3.8, 4) is 44.5 Å². The van der Waals surface area contributed by atoms with Gasteiger partial charge >= 0.3 is 0 Å². The van der Waals surface area contributed by atoms with Crippen molar-refractivity contribution in [1.82, 2.24) is 0 Å². The van der Waals surface area contributed by atoms with Gasteiger partial charge in [0, 0.05) is 25.6 Å². The number of benzene rings is 11. The highest BCUT2D eigenvalue weighted by Crippen LogP contribution is 2.58. The quantitative estimate of drug-likeness (QED) is 0.157. The normalized spacial score (nSPS) is 13.3.